The zero-order valence-corrected chi connectivity index (χ0v) is 15.2. The van der Waals surface area contributed by atoms with Gasteiger partial charge in [0.15, 0.2) is 0 Å². The molecule has 0 radical (unpaired) electrons. The summed E-state index contributed by atoms with van der Waals surface area (Å²) in [6.07, 6.45) is 3.54. The highest BCUT2D eigenvalue weighted by Gasteiger charge is 2.42. The molecule has 3 atom stereocenters. The molecule has 1 saturated carbocycles. The number of rotatable bonds is 4. The largest absolute Gasteiger partial charge is 0.341 e. The molecule has 2 aromatic rings. The number of carbonyl (C=O) groups is 1. The Morgan fingerprint density at radius 1 is 1.07 bits per heavy atom. The number of hydrogen-bond donors (Lipinski definition) is 1. The van der Waals surface area contributed by atoms with Crippen molar-refractivity contribution in [2.45, 2.75) is 32.0 Å². The maximum Gasteiger partial charge on any atom is 0.331 e. The Labute approximate surface area is 157 Å². The van der Waals surface area contributed by atoms with Gasteiger partial charge in [0, 0.05) is 31.4 Å². The molecule has 4 rings (SSSR count). The third-order valence-corrected chi connectivity index (χ3v) is 5.89. The first-order chi connectivity index (χ1) is 13.0. The number of likely N-dealkylation sites (tertiary alicyclic amines) is 1. The molecular formula is C20H24N4O3. The normalized spacial score (nSPS) is 24.2. The maximum absolute atomic E-state index is 12.7. The highest BCUT2D eigenvalue weighted by molar-refractivity contribution is 5.76. The molecule has 142 valence electrons. The van der Waals surface area contributed by atoms with E-state index in [1.807, 2.05) is 30.3 Å². The molecule has 7 heteroatoms. The van der Waals surface area contributed by atoms with Crippen LogP contribution < -0.4 is 17.0 Å². The van der Waals surface area contributed by atoms with Gasteiger partial charge in [-0.05, 0) is 30.2 Å². The lowest BCUT2D eigenvalue weighted by atomic mass is 9.98. The van der Waals surface area contributed by atoms with Crippen LogP contribution in [0.5, 0.6) is 0 Å². The summed E-state index contributed by atoms with van der Waals surface area (Å²) in [6, 6.07) is 11.0. The van der Waals surface area contributed by atoms with Crippen molar-refractivity contribution in [3.8, 4) is 0 Å². The first kappa shape index (κ1) is 17.7. The fourth-order valence-corrected chi connectivity index (χ4v) is 4.35. The van der Waals surface area contributed by atoms with Crippen molar-refractivity contribution in [1.29, 1.82) is 0 Å². The number of fused-ring (bicyclic) bond motifs is 1. The third-order valence-electron chi connectivity index (χ3n) is 5.89. The molecule has 7 nitrogen and oxygen atoms in total. The van der Waals surface area contributed by atoms with Gasteiger partial charge in [-0.15, -0.1) is 0 Å². The maximum atomic E-state index is 12.7. The van der Waals surface area contributed by atoms with Gasteiger partial charge >= 0.3 is 5.69 Å². The Morgan fingerprint density at radius 2 is 1.85 bits per heavy atom. The molecule has 2 N–H and O–H groups in total. The number of aromatic nitrogens is 2. The van der Waals surface area contributed by atoms with Gasteiger partial charge in [0.2, 0.25) is 5.91 Å². The van der Waals surface area contributed by atoms with Gasteiger partial charge in [-0.1, -0.05) is 30.3 Å². The van der Waals surface area contributed by atoms with E-state index in [0.717, 1.165) is 23.0 Å². The predicted octanol–water partition coefficient (Wildman–Crippen LogP) is 0.254. The summed E-state index contributed by atoms with van der Waals surface area (Å²) in [5, 5.41) is 0. The van der Waals surface area contributed by atoms with E-state index in [-0.39, 0.29) is 18.5 Å². The Kier molecular flexibility index (Phi) is 4.70. The minimum absolute atomic E-state index is 0.148. The van der Waals surface area contributed by atoms with Crippen molar-refractivity contribution < 1.29 is 4.79 Å². The fourth-order valence-electron chi connectivity index (χ4n) is 4.35. The Balaban J connectivity index is 1.52. The van der Waals surface area contributed by atoms with Crippen LogP contribution in [0.1, 0.15) is 18.4 Å². The van der Waals surface area contributed by atoms with E-state index >= 15 is 0 Å². The second-order valence-electron chi connectivity index (χ2n) is 7.60. The van der Waals surface area contributed by atoms with Crippen LogP contribution in [0.15, 0.2) is 52.2 Å². The molecule has 0 bridgehead atoms. The molecule has 2 aliphatic rings. The molecule has 2 heterocycles. The van der Waals surface area contributed by atoms with Gasteiger partial charge in [-0.3, -0.25) is 18.7 Å². The predicted molar refractivity (Wildman–Crippen MR) is 101 cm³/mol. The van der Waals surface area contributed by atoms with Crippen LogP contribution in [-0.2, 0) is 17.9 Å². The zero-order valence-electron chi connectivity index (χ0n) is 15.2. The van der Waals surface area contributed by atoms with Gasteiger partial charge < -0.3 is 10.6 Å². The third kappa shape index (κ3) is 3.47. The van der Waals surface area contributed by atoms with Crippen LogP contribution in [0.3, 0.4) is 0 Å². The summed E-state index contributed by atoms with van der Waals surface area (Å²) in [5.74, 6) is 0.607. The molecule has 1 aromatic carbocycles. The van der Waals surface area contributed by atoms with Crippen molar-refractivity contribution in [2.24, 2.45) is 17.6 Å². The molecule has 1 aromatic heterocycles. The van der Waals surface area contributed by atoms with E-state index in [2.05, 4.69) is 0 Å². The molecule has 3 unspecified atom stereocenters. The lowest BCUT2D eigenvalue weighted by Crippen LogP contribution is -2.44. The molecule has 27 heavy (non-hydrogen) atoms. The molecule has 1 aliphatic carbocycles. The van der Waals surface area contributed by atoms with Crippen molar-refractivity contribution in [1.82, 2.24) is 14.0 Å². The van der Waals surface area contributed by atoms with Crippen LogP contribution in [0.2, 0.25) is 0 Å². The van der Waals surface area contributed by atoms with E-state index in [4.69, 9.17) is 5.73 Å². The molecule has 1 amide bonds. The minimum atomic E-state index is -0.462. The second kappa shape index (κ2) is 7.15. The topological polar surface area (TPSA) is 90.3 Å². The monoisotopic (exact) mass is 368 g/mol. The zero-order chi connectivity index (χ0) is 19.0. The highest BCUT2D eigenvalue weighted by Crippen LogP contribution is 2.37. The average molecular weight is 368 g/mol. The summed E-state index contributed by atoms with van der Waals surface area (Å²) < 4.78 is 2.48. The Morgan fingerprint density at radius 3 is 2.59 bits per heavy atom. The van der Waals surface area contributed by atoms with Crippen molar-refractivity contribution >= 4 is 5.91 Å². The van der Waals surface area contributed by atoms with Gasteiger partial charge in [0.25, 0.3) is 5.56 Å². The quantitative estimate of drug-likeness (QED) is 0.838. The molecule has 2 fully saturated rings. The Bertz CT molecular complexity index is 950. The standard InChI is InChI=1S/C20H24N4O3/c21-17-7-6-15-11-23(12-16(15)17)19(26)13-24-18(25)8-9-22(20(24)27)10-14-4-2-1-3-5-14/h1-5,8-9,15-17H,6-7,10-13,21H2. The molecule has 1 aliphatic heterocycles. The number of carbonyl (C=O) groups excluding carboxylic acids is 1. The number of nitrogens with zero attached hydrogens (tertiary/aromatic N) is 3. The number of hydrogen-bond acceptors (Lipinski definition) is 4. The van der Waals surface area contributed by atoms with Crippen LogP contribution in [0, 0.1) is 11.8 Å². The minimum Gasteiger partial charge on any atom is -0.341 e. The summed E-state index contributed by atoms with van der Waals surface area (Å²) in [6.45, 7) is 1.44. The summed E-state index contributed by atoms with van der Waals surface area (Å²) in [7, 11) is 0. The van der Waals surface area contributed by atoms with Crippen LogP contribution in [-0.4, -0.2) is 39.1 Å². The first-order valence-corrected chi connectivity index (χ1v) is 9.40. The smallest absolute Gasteiger partial charge is 0.331 e. The SMILES string of the molecule is NC1CCC2CN(C(=O)Cn3c(=O)ccn(Cc4ccccc4)c3=O)CC12. The molecule has 0 spiro atoms. The van der Waals surface area contributed by atoms with E-state index < -0.39 is 11.2 Å². The second-order valence-corrected chi connectivity index (χ2v) is 7.60. The summed E-state index contributed by atoms with van der Waals surface area (Å²) in [4.78, 5) is 39.4. The van der Waals surface area contributed by atoms with Crippen LogP contribution in [0.4, 0.5) is 0 Å². The van der Waals surface area contributed by atoms with Gasteiger partial charge in [0.1, 0.15) is 6.54 Å². The van der Waals surface area contributed by atoms with Crippen molar-refractivity contribution in [3.05, 3.63) is 69.0 Å². The summed E-state index contributed by atoms with van der Waals surface area (Å²) in [5.41, 5.74) is 6.17. The van der Waals surface area contributed by atoms with Gasteiger partial charge in [-0.25, -0.2) is 4.79 Å². The average Bonchev–Trinajstić information content (AvgIpc) is 3.24. The fraction of sp³-hybridized carbons (Fsp3) is 0.450. The van der Waals surface area contributed by atoms with E-state index in [0.29, 0.717) is 31.5 Å². The molecule has 1 saturated heterocycles. The first-order valence-electron chi connectivity index (χ1n) is 9.40. The number of benzene rings is 1. The highest BCUT2D eigenvalue weighted by atomic mass is 16.2. The molecular weight excluding hydrogens is 344 g/mol. The van der Waals surface area contributed by atoms with Gasteiger partial charge in [-0.2, -0.15) is 0 Å². The van der Waals surface area contributed by atoms with Gasteiger partial charge in [0.05, 0.1) is 6.54 Å². The van der Waals surface area contributed by atoms with Crippen molar-refractivity contribution in [2.75, 3.05) is 13.1 Å². The van der Waals surface area contributed by atoms with E-state index in [1.54, 1.807) is 4.90 Å². The summed E-state index contributed by atoms with van der Waals surface area (Å²) >= 11 is 0. The van der Waals surface area contributed by atoms with Crippen LogP contribution in [0.25, 0.3) is 0 Å². The van der Waals surface area contributed by atoms with E-state index in [9.17, 15) is 14.4 Å². The van der Waals surface area contributed by atoms with Crippen LogP contribution >= 0.6 is 0 Å². The van der Waals surface area contributed by atoms with E-state index in [1.165, 1.54) is 16.8 Å². The Hall–Kier alpha value is -2.67. The van der Waals surface area contributed by atoms with Crippen molar-refractivity contribution in [3.63, 3.8) is 0 Å². The number of amides is 1. The lowest BCUT2D eigenvalue weighted by molar-refractivity contribution is -0.131. The lowest BCUT2D eigenvalue weighted by Gasteiger charge is -2.19. The number of nitrogens with two attached hydrogens (primary N) is 1.